The Hall–Kier alpha value is -3.76. The van der Waals surface area contributed by atoms with Crippen molar-refractivity contribution in [3.63, 3.8) is 0 Å². The van der Waals surface area contributed by atoms with Gasteiger partial charge in [0, 0.05) is 37.5 Å². The van der Waals surface area contributed by atoms with Crippen molar-refractivity contribution in [2.45, 2.75) is 64.6 Å². The van der Waals surface area contributed by atoms with E-state index in [4.69, 9.17) is 13.9 Å². The first kappa shape index (κ1) is 25.9. The van der Waals surface area contributed by atoms with Crippen molar-refractivity contribution in [3.8, 4) is 5.88 Å². The fourth-order valence-corrected chi connectivity index (χ4v) is 5.51. The van der Waals surface area contributed by atoms with E-state index < -0.39 is 17.0 Å². The van der Waals surface area contributed by atoms with Crippen molar-refractivity contribution in [2.24, 2.45) is 5.92 Å². The largest absolute Gasteiger partial charge is 0.479 e. The fraction of sp³-hybridized carbons (Fsp3) is 0.556. The number of anilines is 2. The molecule has 0 bridgehead atoms. The minimum Gasteiger partial charge on any atom is -0.479 e. The van der Waals surface area contributed by atoms with E-state index in [1.165, 1.54) is 13.4 Å². The lowest BCUT2D eigenvalue weighted by atomic mass is 9.91. The third-order valence-corrected chi connectivity index (χ3v) is 7.17. The summed E-state index contributed by atoms with van der Waals surface area (Å²) in [7, 11) is 1.49. The van der Waals surface area contributed by atoms with E-state index in [-0.39, 0.29) is 35.0 Å². The maximum absolute atomic E-state index is 13.1. The van der Waals surface area contributed by atoms with Gasteiger partial charge < -0.3 is 34.3 Å². The van der Waals surface area contributed by atoms with Gasteiger partial charge in [-0.05, 0) is 53.2 Å². The summed E-state index contributed by atoms with van der Waals surface area (Å²) in [6.45, 7) is 11.4. The molecule has 0 unspecified atom stereocenters. The third kappa shape index (κ3) is 4.89. The summed E-state index contributed by atoms with van der Waals surface area (Å²) in [4.78, 5) is 47.0. The van der Waals surface area contributed by atoms with Crippen molar-refractivity contribution in [1.29, 1.82) is 0 Å². The van der Waals surface area contributed by atoms with Crippen LogP contribution in [0.5, 0.6) is 5.88 Å². The number of ether oxygens (including phenoxy) is 2. The Bertz CT molecular complexity index is 1280. The second-order valence-electron chi connectivity index (χ2n) is 11.8. The van der Waals surface area contributed by atoms with Gasteiger partial charge in [-0.1, -0.05) is 0 Å². The molecule has 3 aliphatic heterocycles. The molecule has 0 radical (unpaired) electrons. The monoisotopic (exact) mass is 525 g/mol. The number of methoxy groups -OCH3 is 1. The normalized spacial score (nSPS) is 22.0. The summed E-state index contributed by atoms with van der Waals surface area (Å²) in [6, 6.07) is 3.69. The maximum Gasteiger partial charge on any atom is 0.410 e. The van der Waals surface area contributed by atoms with Crippen LogP contribution in [-0.4, -0.2) is 71.7 Å². The number of aromatic nitrogens is 1. The zero-order valence-corrected chi connectivity index (χ0v) is 22.7. The Balaban J connectivity index is 1.31. The highest BCUT2D eigenvalue weighted by Gasteiger charge is 2.44. The van der Waals surface area contributed by atoms with Crippen molar-refractivity contribution in [2.75, 3.05) is 37.0 Å². The predicted octanol–water partition coefficient (Wildman–Crippen LogP) is 3.45. The SMILES string of the molecule is COc1nc(N2CC[C@@H]3CN(C(=O)OC(C)(C)C)C[C@@H]32)ccc1NC(=O)c1coc2c1C(=O)NC(C)(C)C2. The molecule has 2 aromatic rings. The Morgan fingerprint density at radius 1 is 1.24 bits per heavy atom. The Morgan fingerprint density at radius 3 is 2.71 bits per heavy atom. The highest BCUT2D eigenvalue weighted by molar-refractivity contribution is 6.13. The summed E-state index contributed by atoms with van der Waals surface area (Å²) in [6.07, 6.45) is 2.45. The van der Waals surface area contributed by atoms with E-state index >= 15 is 0 Å². The lowest BCUT2D eigenvalue weighted by Crippen LogP contribution is -2.49. The van der Waals surface area contributed by atoms with Gasteiger partial charge in [-0.15, -0.1) is 0 Å². The molecule has 2 aromatic heterocycles. The van der Waals surface area contributed by atoms with Crippen LogP contribution >= 0.6 is 0 Å². The first-order chi connectivity index (χ1) is 17.8. The second-order valence-corrected chi connectivity index (χ2v) is 11.8. The molecule has 11 nitrogen and oxygen atoms in total. The topological polar surface area (TPSA) is 126 Å². The van der Waals surface area contributed by atoms with Crippen molar-refractivity contribution in [1.82, 2.24) is 15.2 Å². The van der Waals surface area contributed by atoms with Crippen LogP contribution in [0, 0.1) is 5.92 Å². The molecule has 204 valence electrons. The average molecular weight is 526 g/mol. The summed E-state index contributed by atoms with van der Waals surface area (Å²) >= 11 is 0. The van der Waals surface area contributed by atoms with Gasteiger partial charge in [-0.2, -0.15) is 4.98 Å². The Kier molecular flexibility index (Phi) is 6.27. The van der Waals surface area contributed by atoms with Crippen LogP contribution in [0.1, 0.15) is 67.5 Å². The summed E-state index contributed by atoms with van der Waals surface area (Å²) < 4.78 is 16.6. The van der Waals surface area contributed by atoms with Crippen LogP contribution in [-0.2, 0) is 11.2 Å². The van der Waals surface area contributed by atoms with Gasteiger partial charge in [0.15, 0.2) is 0 Å². The standard InChI is InChI=1S/C27H35N5O6/c1-26(2,3)38-25(35)31-12-15-9-10-32(18(15)13-31)20-8-7-17(24(29-20)36-6)28-22(33)16-14-37-19-11-27(4,5)30-23(34)21(16)19/h7-8,14-15,18H,9-13H2,1-6H3,(H,28,33)(H,30,34)/t15-,18+/m1/s1. The molecule has 0 aromatic carbocycles. The molecule has 5 heterocycles. The smallest absolute Gasteiger partial charge is 0.410 e. The van der Waals surface area contributed by atoms with E-state index in [0.29, 0.717) is 42.7 Å². The van der Waals surface area contributed by atoms with Crippen molar-refractivity contribution >= 4 is 29.4 Å². The Labute approximate surface area is 221 Å². The molecule has 5 rings (SSSR count). The minimum absolute atomic E-state index is 0.125. The molecular weight excluding hydrogens is 490 g/mol. The van der Waals surface area contributed by atoms with Crippen LogP contribution in [0.25, 0.3) is 0 Å². The Morgan fingerprint density at radius 2 is 2.00 bits per heavy atom. The third-order valence-electron chi connectivity index (χ3n) is 7.17. The fourth-order valence-electron chi connectivity index (χ4n) is 5.51. The number of amides is 3. The number of nitrogens with one attached hydrogen (secondary N) is 2. The number of fused-ring (bicyclic) bond motifs is 2. The first-order valence-electron chi connectivity index (χ1n) is 12.9. The molecule has 11 heteroatoms. The van der Waals surface area contributed by atoms with E-state index in [9.17, 15) is 14.4 Å². The molecule has 3 amide bonds. The number of likely N-dealkylation sites (tertiary alicyclic amines) is 1. The molecule has 38 heavy (non-hydrogen) atoms. The van der Waals surface area contributed by atoms with Crippen molar-refractivity contribution in [3.05, 3.63) is 35.3 Å². The van der Waals surface area contributed by atoms with Gasteiger partial charge in [0.05, 0.1) is 24.3 Å². The van der Waals surface area contributed by atoms with Crippen LogP contribution in [0.4, 0.5) is 16.3 Å². The van der Waals surface area contributed by atoms with E-state index in [1.54, 1.807) is 11.0 Å². The van der Waals surface area contributed by atoms with E-state index in [0.717, 1.165) is 13.0 Å². The number of hydrogen-bond acceptors (Lipinski definition) is 8. The number of carbonyl (C=O) groups is 3. The average Bonchev–Trinajstić information content (AvgIpc) is 3.51. The minimum atomic E-state index is -0.542. The highest BCUT2D eigenvalue weighted by atomic mass is 16.6. The quantitative estimate of drug-likeness (QED) is 0.622. The van der Waals surface area contributed by atoms with E-state index in [1.807, 2.05) is 40.7 Å². The van der Waals surface area contributed by atoms with Crippen LogP contribution in [0.2, 0.25) is 0 Å². The van der Waals surface area contributed by atoms with Crippen LogP contribution in [0.15, 0.2) is 22.8 Å². The molecule has 2 N–H and O–H groups in total. The second kappa shape index (κ2) is 9.21. The molecule has 2 atom stereocenters. The molecule has 0 saturated carbocycles. The highest BCUT2D eigenvalue weighted by Crippen LogP contribution is 2.37. The molecule has 3 aliphatic rings. The number of nitrogens with zero attached hydrogens (tertiary/aromatic N) is 3. The van der Waals surface area contributed by atoms with Gasteiger partial charge in [-0.3, -0.25) is 9.59 Å². The number of pyridine rings is 1. The summed E-state index contributed by atoms with van der Waals surface area (Å²) in [5, 5.41) is 5.71. The predicted molar refractivity (Wildman–Crippen MR) is 140 cm³/mol. The molecular formula is C27H35N5O6. The van der Waals surface area contributed by atoms with Gasteiger partial charge in [0.1, 0.15) is 29.1 Å². The lowest BCUT2D eigenvalue weighted by Gasteiger charge is -2.29. The van der Waals surface area contributed by atoms with Gasteiger partial charge in [0.25, 0.3) is 11.8 Å². The number of furan rings is 1. The number of hydrogen-bond donors (Lipinski definition) is 2. The molecule has 0 spiro atoms. The van der Waals surface area contributed by atoms with Crippen molar-refractivity contribution < 1.29 is 28.3 Å². The molecule has 2 saturated heterocycles. The van der Waals surface area contributed by atoms with Gasteiger partial charge in [-0.25, -0.2) is 4.79 Å². The van der Waals surface area contributed by atoms with Gasteiger partial charge >= 0.3 is 6.09 Å². The zero-order valence-electron chi connectivity index (χ0n) is 22.7. The lowest BCUT2D eigenvalue weighted by molar-refractivity contribution is 0.0284. The first-order valence-corrected chi connectivity index (χ1v) is 12.9. The molecule has 2 fully saturated rings. The number of carbonyl (C=O) groups excluding carboxylic acids is 3. The van der Waals surface area contributed by atoms with Crippen LogP contribution < -0.4 is 20.3 Å². The maximum atomic E-state index is 13.1. The zero-order chi connectivity index (χ0) is 27.4. The molecule has 0 aliphatic carbocycles. The number of rotatable bonds is 4. The van der Waals surface area contributed by atoms with Gasteiger partial charge in [0.2, 0.25) is 5.88 Å². The summed E-state index contributed by atoms with van der Waals surface area (Å²) in [5.41, 5.74) is -0.194. The van der Waals surface area contributed by atoms with Crippen LogP contribution in [0.3, 0.4) is 0 Å². The van der Waals surface area contributed by atoms with E-state index in [2.05, 4.69) is 20.5 Å². The summed E-state index contributed by atoms with van der Waals surface area (Å²) in [5.74, 6) is 0.965.